The van der Waals surface area contributed by atoms with E-state index < -0.39 is 18.0 Å². The Kier molecular flexibility index (Phi) is 5.36. The number of hydrogen-bond donors (Lipinski definition) is 1. The number of nitrogens with one attached hydrogen (secondary N) is 1. The molecule has 0 spiro atoms. The minimum atomic E-state index is -4.67. The fraction of sp³-hybridized carbons (Fsp3) is 0.111. The van der Waals surface area contributed by atoms with Crippen LogP contribution in [0.4, 0.5) is 23.8 Å². The van der Waals surface area contributed by atoms with Crippen LogP contribution in [0.1, 0.15) is 11.3 Å². The van der Waals surface area contributed by atoms with Gasteiger partial charge in [0.15, 0.2) is 5.69 Å². The number of carbonyl (C=O) groups is 1. The van der Waals surface area contributed by atoms with E-state index in [0.717, 1.165) is 16.3 Å². The van der Waals surface area contributed by atoms with E-state index in [4.69, 9.17) is 16.3 Å². The predicted octanol–water partition coefficient (Wildman–Crippen LogP) is 5.29. The number of ether oxygens (including phenoxy) is 1. The largest absolute Gasteiger partial charge is 0.444 e. The summed E-state index contributed by atoms with van der Waals surface area (Å²) in [7, 11) is 0. The van der Waals surface area contributed by atoms with Crippen molar-refractivity contribution in [1.29, 1.82) is 0 Å². The second-order valence-electron chi connectivity index (χ2n) is 5.49. The normalized spacial score (nSPS) is 11.3. The lowest BCUT2D eigenvalue weighted by Gasteiger charge is -2.10. The Hall–Kier alpha value is -3.00. The van der Waals surface area contributed by atoms with Crippen molar-refractivity contribution in [3.05, 3.63) is 76.9 Å². The van der Waals surface area contributed by atoms with Gasteiger partial charge in [0, 0.05) is 11.1 Å². The minimum absolute atomic E-state index is 0.0237. The smallest absolute Gasteiger partial charge is 0.435 e. The van der Waals surface area contributed by atoms with Crippen molar-refractivity contribution in [2.45, 2.75) is 12.8 Å². The van der Waals surface area contributed by atoms with Crippen LogP contribution < -0.4 is 5.32 Å². The Balaban J connectivity index is 1.82. The Morgan fingerprint density at radius 2 is 1.85 bits per heavy atom. The molecule has 0 aliphatic carbocycles. The second-order valence-corrected chi connectivity index (χ2v) is 5.93. The Bertz CT molecular complexity index is 943. The van der Waals surface area contributed by atoms with Crippen molar-refractivity contribution in [1.82, 2.24) is 9.78 Å². The average Bonchev–Trinajstić information content (AvgIpc) is 3.05. The van der Waals surface area contributed by atoms with Gasteiger partial charge >= 0.3 is 12.3 Å². The number of hydrogen-bond acceptors (Lipinski definition) is 3. The van der Waals surface area contributed by atoms with Gasteiger partial charge in [-0.25, -0.2) is 9.48 Å². The number of nitrogens with zero attached hydrogens (tertiary/aromatic N) is 2. The lowest BCUT2D eigenvalue weighted by molar-refractivity contribution is -0.141. The van der Waals surface area contributed by atoms with Gasteiger partial charge in [0.1, 0.15) is 12.4 Å². The van der Waals surface area contributed by atoms with E-state index in [-0.39, 0.29) is 18.1 Å². The molecule has 3 rings (SSSR count). The zero-order valence-electron chi connectivity index (χ0n) is 13.7. The summed E-state index contributed by atoms with van der Waals surface area (Å²) in [4.78, 5) is 12.0. The van der Waals surface area contributed by atoms with Crippen LogP contribution in [-0.4, -0.2) is 15.9 Å². The molecule has 0 unspecified atom stereocenters. The van der Waals surface area contributed by atoms with E-state index in [2.05, 4.69) is 10.4 Å². The molecule has 1 aromatic heterocycles. The molecule has 2 aromatic carbocycles. The molecule has 1 amide bonds. The number of rotatable bonds is 4. The third-order valence-corrected chi connectivity index (χ3v) is 3.73. The summed E-state index contributed by atoms with van der Waals surface area (Å²) in [6, 6.07) is 15.7. The highest BCUT2D eigenvalue weighted by molar-refractivity contribution is 6.30. The Labute approximate surface area is 157 Å². The van der Waals surface area contributed by atoms with E-state index in [0.29, 0.717) is 5.02 Å². The molecule has 0 saturated heterocycles. The van der Waals surface area contributed by atoms with E-state index in [9.17, 15) is 18.0 Å². The molecule has 0 aliphatic heterocycles. The lowest BCUT2D eigenvalue weighted by atomic mass is 10.2. The van der Waals surface area contributed by atoms with Crippen molar-refractivity contribution >= 4 is 23.5 Å². The molecule has 0 saturated carbocycles. The van der Waals surface area contributed by atoms with Crippen LogP contribution >= 0.6 is 11.6 Å². The maximum Gasteiger partial charge on any atom is 0.435 e. The summed E-state index contributed by atoms with van der Waals surface area (Å²) in [6.07, 6.45) is -5.58. The molecule has 9 heteroatoms. The van der Waals surface area contributed by atoms with Crippen LogP contribution in [0.3, 0.4) is 0 Å². The molecule has 0 aliphatic rings. The van der Waals surface area contributed by atoms with Gasteiger partial charge in [0.05, 0.1) is 5.69 Å². The molecule has 140 valence electrons. The van der Waals surface area contributed by atoms with Crippen LogP contribution in [-0.2, 0) is 17.5 Å². The molecule has 1 N–H and O–H groups in total. The molecule has 27 heavy (non-hydrogen) atoms. The maximum atomic E-state index is 13.0. The van der Waals surface area contributed by atoms with Crippen LogP contribution in [0, 0.1) is 0 Å². The van der Waals surface area contributed by atoms with Crippen molar-refractivity contribution in [2.24, 2.45) is 0 Å². The van der Waals surface area contributed by atoms with Crippen LogP contribution in [0.25, 0.3) is 5.69 Å². The lowest BCUT2D eigenvalue weighted by Crippen LogP contribution is -2.16. The number of halogens is 4. The number of carbonyl (C=O) groups excluding carboxylic acids is 1. The van der Waals surface area contributed by atoms with Crippen LogP contribution in [0.2, 0.25) is 5.02 Å². The molecular formula is C18H13ClF3N3O2. The fourth-order valence-corrected chi connectivity index (χ4v) is 2.46. The number of alkyl halides is 3. The third kappa shape index (κ3) is 4.79. The highest BCUT2D eigenvalue weighted by Gasteiger charge is 2.35. The van der Waals surface area contributed by atoms with Gasteiger partial charge in [-0.2, -0.15) is 18.3 Å². The zero-order chi connectivity index (χ0) is 19.4. The van der Waals surface area contributed by atoms with Crippen LogP contribution in [0.15, 0.2) is 60.7 Å². The van der Waals surface area contributed by atoms with Crippen molar-refractivity contribution in [3.8, 4) is 5.69 Å². The number of benzene rings is 2. The standard InChI is InChI=1S/C18H13ClF3N3O2/c19-13-7-4-8-14(9-13)25-16(10-15(24-25)18(20,21)22)23-17(26)27-11-12-5-2-1-3-6-12/h1-10H,11H2,(H,23,26). The SMILES string of the molecule is O=C(Nc1cc(C(F)(F)F)nn1-c1cccc(Cl)c1)OCc1ccccc1. The predicted molar refractivity (Wildman–Crippen MR) is 93.8 cm³/mol. The number of aromatic nitrogens is 2. The molecule has 0 fully saturated rings. The molecule has 1 heterocycles. The molecular weight excluding hydrogens is 383 g/mol. The van der Waals surface area contributed by atoms with Gasteiger partial charge in [0.2, 0.25) is 0 Å². The Morgan fingerprint density at radius 3 is 2.52 bits per heavy atom. The van der Waals surface area contributed by atoms with Gasteiger partial charge in [-0.05, 0) is 23.8 Å². The van der Waals surface area contributed by atoms with E-state index in [1.807, 2.05) is 6.07 Å². The van der Waals surface area contributed by atoms with Gasteiger partial charge in [-0.3, -0.25) is 5.32 Å². The summed E-state index contributed by atoms with van der Waals surface area (Å²) in [6.45, 7) is -0.0237. The molecule has 0 atom stereocenters. The maximum absolute atomic E-state index is 13.0. The van der Waals surface area contributed by atoms with Gasteiger partial charge < -0.3 is 4.74 Å². The van der Waals surface area contributed by atoms with Crippen molar-refractivity contribution in [2.75, 3.05) is 5.32 Å². The summed E-state index contributed by atoms with van der Waals surface area (Å²) >= 11 is 5.89. The monoisotopic (exact) mass is 395 g/mol. The topological polar surface area (TPSA) is 56.2 Å². The zero-order valence-corrected chi connectivity index (χ0v) is 14.5. The van der Waals surface area contributed by atoms with Crippen molar-refractivity contribution < 1.29 is 22.7 Å². The Morgan fingerprint density at radius 1 is 1.11 bits per heavy atom. The van der Waals surface area contributed by atoms with E-state index >= 15 is 0 Å². The first kappa shape index (κ1) is 18.8. The van der Waals surface area contributed by atoms with Gasteiger partial charge in [-0.1, -0.05) is 48.0 Å². The first-order chi connectivity index (χ1) is 12.8. The number of amides is 1. The third-order valence-electron chi connectivity index (χ3n) is 3.50. The van der Waals surface area contributed by atoms with Gasteiger partial charge in [0.25, 0.3) is 0 Å². The first-order valence-electron chi connectivity index (χ1n) is 7.74. The minimum Gasteiger partial charge on any atom is -0.444 e. The van der Waals surface area contributed by atoms with E-state index in [1.54, 1.807) is 36.4 Å². The van der Waals surface area contributed by atoms with Gasteiger partial charge in [-0.15, -0.1) is 0 Å². The van der Waals surface area contributed by atoms with Crippen molar-refractivity contribution in [3.63, 3.8) is 0 Å². The quantitative estimate of drug-likeness (QED) is 0.652. The number of anilines is 1. The summed E-state index contributed by atoms with van der Waals surface area (Å²) in [5.74, 6) is -0.192. The molecule has 5 nitrogen and oxygen atoms in total. The average molecular weight is 396 g/mol. The highest BCUT2D eigenvalue weighted by Crippen LogP contribution is 2.31. The molecule has 3 aromatic rings. The summed E-state index contributed by atoms with van der Waals surface area (Å²) in [5, 5.41) is 6.13. The summed E-state index contributed by atoms with van der Waals surface area (Å²) in [5.41, 5.74) is -0.149. The molecule has 0 bridgehead atoms. The first-order valence-corrected chi connectivity index (χ1v) is 8.11. The van der Waals surface area contributed by atoms with E-state index in [1.165, 1.54) is 12.1 Å². The summed E-state index contributed by atoms with van der Waals surface area (Å²) < 4.78 is 45.1. The van der Waals surface area contributed by atoms with Crippen LogP contribution in [0.5, 0.6) is 0 Å². The fourth-order valence-electron chi connectivity index (χ4n) is 2.28. The highest BCUT2D eigenvalue weighted by atomic mass is 35.5. The molecule has 0 radical (unpaired) electrons. The second kappa shape index (κ2) is 7.71.